The molecule has 1 N–H and O–H groups in total. The van der Waals surface area contributed by atoms with Crippen LogP contribution in [-0.4, -0.2) is 6.61 Å². The van der Waals surface area contributed by atoms with Crippen LogP contribution in [0.2, 0.25) is 20.1 Å². The highest BCUT2D eigenvalue weighted by Crippen LogP contribution is 2.34. The second kappa shape index (κ2) is 8.16. The number of anilines is 1. The number of rotatable bonds is 6. The van der Waals surface area contributed by atoms with E-state index in [1.165, 1.54) is 0 Å². The van der Waals surface area contributed by atoms with Gasteiger partial charge in [-0.15, -0.1) is 0 Å². The lowest BCUT2D eigenvalue weighted by molar-refractivity contribution is 0.314. The Morgan fingerprint density at radius 3 is 2.36 bits per heavy atom. The lowest BCUT2D eigenvalue weighted by Crippen LogP contribution is -2.05. The van der Waals surface area contributed by atoms with E-state index in [2.05, 4.69) is 5.32 Å². The first-order valence-corrected chi connectivity index (χ1v) is 8.32. The fourth-order valence-corrected chi connectivity index (χ4v) is 3.00. The number of nitrogens with one attached hydrogen (secondary N) is 1. The quantitative estimate of drug-likeness (QED) is 0.603. The molecular formula is C16H15Cl4NO. The van der Waals surface area contributed by atoms with Gasteiger partial charge in [-0.25, -0.2) is 0 Å². The minimum absolute atomic E-state index is 0.487. The molecule has 0 aliphatic carbocycles. The Labute approximate surface area is 150 Å². The first-order valence-electron chi connectivity index (χ1n) is 6.81. The molecular weight excluding hydrogens is 364 g/mol. The number of hydrogen-bond acceptors (Lipinski definition) is 2. The number of hydrogen-bond donors (Lipinski definition) is 1. The minimum atomic E-state index is 0.487. The van der Waals surface area contributed by atoms with Gasteiger partial charge in [-0.05, 0) is 36.8 Å². The topological polar surface area (TPSA) is 21.3 Å². The van der Waals surface area contributed by atoms with Crippen molar-refractivity contribution in [3.05, 3.63) is 56.0 Å². The normalized spacial score (nSPS) is 10.6. The van der Waals surface area contributed by atoms with Crippen molar-refractivity contribution >= 4 is 52.1 Å². The summed E-state index contributed by atoms with van der Waals surface area (Å²) in [4.78, 5) is 0. The van der Waals surface area contributed by atoms with Crippen molar-refractivity contribution in [2.45, 2.75) is 19.9 Å². The first-order chi connectivity index (χ1) is 10.5. The van der Waals surface area contributed by atoms with Crippen molar-refractivity contribution < 1.29 is 4.74 Å². The lowest BCUT2D eigenvalue weighted by Gasteiger charge is -2.15. The molecule has 0 saturated carbocycles. The fraction of sp³-hybridized carbons (Fsp3) is 0.250. The van der Waals surface area contributed by atoms with Crippen molar-refractivity contribution in [2.75, 3.05) is 11.9 Å². The maximum Gasteiger partial charge on any atom is 0.142 e. The zero-order valence-electron chi connectivity index (χ0n) is 11.9. The average Bonchev–Trinajstić information content (AvgIpc) is 2.45. The van der Waals surface area contributed by atoms with E-state index in [4.69, 9.17) is 51.1 Å². The van der Waals surface area contributed by atoms with E-state index < -0.39 is 0 Å². The number of ether oxygens (including phenoxy) is 1. The third-order valence-corrected chi connectivity index (χ3v) is 3.98. The number of halogens is 4. The number of benzene rings is 2. The molecule has 0 atom stereocenters. The third-order valence-electron chi connectivity index (χ3n) is 2.94. The molecule has 118 valence electrons. The summed E-state index contributed by atoms with van der Waals surface area (Å²) >= 11 is 24.3. The van der Waals surface area contributed by atoms with Gasteiger partial charge in [0.1, 0.15) is 5.75 Å². The van der Waals surface area contributed by atoms with E-state index in [0.717, 1.165) is 17.7 Å². The summed E-state index contributed by atoms with van der Waals surface area (Å²) in [5, 5.41) is 5.45. The molecule has 0 heterocycles. The summed E-state index contributed by atoms with van der Waals surface area (Å²) in [7, 11) is 0. The minimum Gasteiger partial charge on any atom is -0.492 e. The Hall–Kier alpha value is -0.800. The lowest BCUT2D eigenvalue weighted by atomic mass is 10.2. The molecule has 0 unspecified atom stereocenters. The van der Waals surface area contributed by atoms with Gasteiger partial charge in [-0.3, -0.25) is 0 Å². The highest BCUT2D eigenvalue weighted by atomic mass is 35.5. The second-order valence-electron chi connectivity index (χ2n) is 4.70. The van der Waals surface area contributed by atoms with E-state index in [1.807, 2.05) is 19.1 Å². The standard InChI is InChI=1S/C16H15Cl4NO/c1-2-5-22-16-10(6-12(18)8-14(16)20)9-21-15-4-3-11(17)7-13(15)19/h3-4,6-8,21H,2,5,9H2,1H3. The summed E-state index contributed by atoms with van der Waals surface area (Å²) in [6.07, 6.45) is 0.898. The molecule has 0 aliphatic heterocycles. The van der Waals surface area contributed by atoms with Gasteiger partial charge in [0, 0.05) is 22.2 Å². The molecule has 0 aromatic heterocycles. The summed E-state index contributed by atoms with van der Waals surface area (Å²) < 4.78 is 5.73. The Morgan fingerprint density at radius 2 is 1.68 bits per heavy atom. The summed E-state index contributed by atoms with van der Waals surface area (Å²) in [6.45, 7) is 3.12. The van der Waals surface area contributed by atoms with Gasteiger partial charge in [0.15, 0.2) is 0 Å². The van der Waals surface area contributed by atoms with Crippen LogP contribution in [0, 0.1) is 0 Å². The van der Waals surface area contributed by atoms with Crippen molar-refractivity contribution in [3.8, 4) is 5.75 Å². The fourth-order valence-electron chi connectivity index (χ4n) is 1.93. The SMILES string of the molecule is CCCOc1c(Cl)cc(Cl)cc1CNc1ccc(Cl)cc1Cl. The van der Waals surface area contributed by atoms with Crippen molar-refractivity contribution in [1.29, 1.82) is 0 Å². The molecule has 6 heteroatoms. The van der Waals surface area contributed by atoms with Crippen LogP contribution >= 0.6 is 46.4 Å². The zero-order valence-corrected chi connectivity index (χ0v) is 15.0. The Balaban J connectivity index is 2.20. The Kier molecular flexibility index (Phi) is 6.51. The van der Waals surface area contributed by atoms with Crippen molar-refractivity contribution in [2.24, 2.45) is 0 Å². The van der Waals surface area contributed by atoms with E-state index >= 15 is 0 Å². The molecule has 2 rings (SSSR count). The second-order valence-corrected chi connectivity index (χ2v) is 6.39. The predicted molar refractivity (Wildman–Crippen MR) is 96.0 cm³/mol. The molecule has 0 fully saturated rings. The highest BCUT2D eigenvalue weighted by molar-refractivity contribution is 6.36. The highest BCUT2D eigenvalue weighted by Gasteiger charge is 2.11. The van der Waals surface area contributed by atoms with Gasteiger partial charge in [-0.1, -0.05) is 53.3 Å². The zero-order chi connectivity index (χ0) is 16.1. The third kappa shape index (κ3) is 4.60. The molecule has 2 aromatic rings. The van der Waals surface area contributed by atoms with Crippen LogP contribution in [0.15, 0.2) is 30.3 Å². The molecule has 22 heavy (non-hydrogen) atoms. The van der Waals surface area contributed by atoms with Gasteiger partial charge in [-0.2, -0.15) is 0 Å². The Morgan fingerprint density at radius 1 is 0.955 bits per heavy atom. The van der Waals surface area contributed by atoms with Crippen LogP contribution in [-0.2, 0) is 6.54 Å². The van der Waals surface area contributed by atoms with Gasteiger partial charge in [0.2, 0.25) is 0 Å². The van der Waals surface area contributed by atoms with E-state index in [0.29, 0.717) is 39.0 Å². The summed E-state index contributed by atoms with van der Waals surface area (Å²) in [5.41, 5.74) is 1.65. The van der Waals surface area contributed by atoms with Crippen molar-refractivity contribution in [3.63, 3.8) is 0 Å². The van der Waals surface area contributed by atoms with E-state index in [9.17, 15) is 0 Å². The molecule has 2 nitrogen and oxygen atoms in total. The summed E-state index contributed by atoms with van der Waals surface area (Å²) in [5.74, 6) is 0.644. The molecule has 0 radical (unpaired) electrons. The molecule has 2 aromatic carbocycles. The van der Waals surface area contributed by atoms with Crippen LogP contribution < -0.4 is 10.1 Å². The maximum absolute atomic E-state index is 6.22. The molecule has 0 saturated heterocycles. The van der Waals surface area contributed by atoms with Crippen LogP contribution in [0.1, 0.15) is 18.9 Å². The monoisotopic (exact) mass is 377 g/mol. The molecule has 0 spiro atoms. The molecule has 0 bridgehead atoms. The molecule has 0 aliphatic rings. The van der Waals surface area contributed by atoms with Gasteiger partial charge < -0.3 is 10.1 Å². The smallest absolute Gasteiger partial charge is 0.142 e. The van der Waals surface area contributed by atoms with Crippen molar-refractivity contribution in [1.82, 2.24) is 0 Å². The Bertz CT molecular complexity index is 661. The van der Waals surface area contributed by atoms with Gasteiger partial charge in [0.25, 0.3) is 0 Å². The van der Waals surface area contributed by atoms with Crippen LogP contribution in [0.4, 0.5) is 5.69 Å². The van der Waals surface area contributed by atoms with Gasteiger partial charge in [0.05, 0.1) is 22.3 Å². The predicted octanol–water partition coefficient (Wildman–Crippen LogP) is 6.70. The van der Waals surface area contributed by atoms with Crippen LogP contribution in [0.3, 0.4) is 0 Å². The average molecular weight is 379 g/mol. The largest absolute Gasteiger partial charge is 0.492 e. The van der Waals surface area contributed by atoms with E-state index in [1.54, 1.807) is 18.2 Å². The maximum atomic E-state index is 6.22. The van der Waals surface area contributed by atoms with Crippen LogP contribution in [0.25, 0.3) is 0 Å². The summed E-state index contributed by atoms with van der Waals surface area (Å²) in [6, 6.07) is 8.78. The van der Waals surface area contributed by atoms with Crippen LogP contribution in [0.5, 0.6) is 5.75 Å². The molecule has 0 amide bonds. The van der Waals surface area contributed by atoms with E-state index in [-0.39, 0.29) is 0 Å². The van der Waals surface area contributed by atoms with Gasteiger partial charge >= 0.3 is 0 Å². The first kappa shape index (κ1) is 17.6.